The topological polar surface area (TPSA) is 48.7 Å². The molecule has 2 rings (SSSR count). The molecule has 1 N–H and O–H groups in total. The van der Waals surface area contributed by atoms with Crippen molar-refractivity contribution in [2.75, 3.05) is 5.32 Å². The first kappa shape index (κ1) is 10.2. The van der Waals surface area contributed by atoms with Crippen molar-refractivity contribution in [3.05, 3.63) is 59.9 Å². The summed E-state index contributed by atoms with van der Waals surface area (Å²) in [5.41, 5.74) is 2.58. The molecule has 0 aliphatic heterocycles. The fourth-order valence-corrected chi connectivity index (χ4v) is 1.36. The smallest absolute Gasteiger partial charge is 0.140 e. The Balaban J connectivity index is 1.98. The van der Waals surface area contributed by atoms with Crippen molar-refractivity contribution in [3.63, 3.8) is 0 Å². The average molecular weight is 209 g/mol. The molecule has 0 atom stereocenters. The molecule has 0 bridgehead atoms. The number of hydrogen-bond donors (Lipinski definition) is 1. The van der Waals surface area contributed by atoms with E-state index in [1.807, 2.05) is 42.5 Å². The highest BCUT2D eigenvalue weighted by Gasteiger charge is 1.95. The molecule has 0 radical (unpaired) electrons. The average Bonchev–Trinajstić information content (AvgIpc) is 2.38. The summed E-state index contributed by atoms with van der Waals surface area (Å²) >= 11 is 0. The second kappa shape index (κ2) is 4.94. The molecule has 1 aromatic carbocycles. The first-order chi connectivity index (χ1) is 7.88. The highest BCUT2D eigenvalue weighted by atomic mass is 14.9. The van der Waals surface area contributed by atoms with E-state index in [4.69, 9.17) is 5.26 Å². The minimum atomic E-state index is 0.448. The lowest BCUT2D eigenvalue weighted by atomic mass is 10.2. The zero-order valence-electron chi connectivity index (χ0n) is 8.72. The molecule has 0 saturated carbocycles. The number of benzene rings is 1. The van der Waals surface area contributed by atoms with Crippen molar-refractivity contribution in [1.82, 2.24) is 4.98 Å². The Labute approximate surface area is 94.4 Å². The third-order valence-electron chi connectivity index (χ3n) is 2.21. The summed E-state index contributed by atoms with van der Waals surface area (Å²) in [6.07, 6.45) is 1.72. The zero-order chi connectivity index (χ0) is 11.2. The van der Waals surface area contributed by atoms with Crippen LogP contribution in [0.4, 0.5) is 5.69 Å². The Morgan fingerprint density at radius 2 is 1.94 bits per heavy atom. The molecule has 1 aromatic heterocycles. The minimum Gasteiger partial charge on any atom is -0.381 e. The van der Waals surface area contributed by atoms with Gasteiger partial charge in [0.2, 0.25) is 0 Å². The number of nitrogens with one attached hydrogen (secondary N) is 1. The molecule has 0 amide bonds. The highest BCUT2D eigenvalue weighted by Crippen LogP contribution is 2.07. The van der Waals surface area contributed by atoms with Crippen LogP contribution >= 0.6 is 0 Å². The Kier molecular flexibility index (Phi) is 3.15. The standard InChI is InChI=1S/C13H11N3/c14-8-13-7-6-11(10-16-13)9-15-12-4-2-1-3-5-12/h1-7,10,15H,9H2. The fraction of sp³-hybridized carbons (Fsp3) is 0.0769. The van der Waals surface area contributed by atoms with Gasteiger partial charge in [0.15, 0.2) is 0 Å². The summed E-state index contributed by atoms with van der Waals surface area (Å²) in [5, 5.41) is 11.9. The maximum Gasteiger partial charge on any atom is 0.140 e. The second-order valence-electron chi connectivity index (χ2n) is 3.38. The van der Waals surface area contributed by atoms with Crippen LogP contribution < -0.4 is 5.32 Å². The summed E-state index contributed by atoms with van der Waals surface area (Å²) in [4.78, 5) is 4.01. The van der Waals surface area contributed by atoms with Gasteiger partial charge in [0.25, 0.3) is 0 Å². The van der Waals surface area contributed by atoms with Crippen molar-refractivity contribution in [1.29, 1.82) is 5.26 Å². The highest BCUT2D eigenvalue weighted by molar-refractivity contribution is 5.43. The lowest BCUT2D eigenvalue weighted by Crippen LogP contribution is -1.99. The maximum atomic E-state index is 8.61. The van der Waals surface area contributed by atoms with E-state index in [0.29, 0.717) is 12.2 Å². The van der Waals surface area contributed by atoms with Crippen LogP contribution in [0.3, 0.4) is 0 Å². The van der Waals surface area contributed by atoms with Gasteiger partial charge in [-0.3, -0.25) is 0 Å². The SMILES string of the molecule is N#Cc1ccc(CNc2ccccc2)cn1. The van der Waals surface area contributed by atoms with Crippen LogP contribution in [0.5, 0.6) is 0 Å². The van der Waals surface area contributed by atoms with Crippen molar-refractivity contribution in [2.45, 2.75) is 6.54 Å². The molecule has 1 heterocycles. The predicted molar refractivity (Wildman–Crippen MR) is 62.7 cm³/mol. The van der Waals surface area contributed by atoms with Crippen LogP contribution in [0.2, 0.25) is 0 Å². The van der Waals surface area contributed by atoms with E-state index in [-0.39, 0.29) is 0 Å². The van der Waals surface area contributed by atoms with Gasteiger partial charge in [-0.05, 0) is 23.8 Å². The summed E-state index contributed by atoms with van der Waals surface area (Å²) < 4.78 is 0. The van der Waals surface area contributed by atoms with E-state index in [9.17, 15) is 0 Å². The van der Waals surface area contributed by atoms with Gasteiger partial charge in [-0.2, -0.15) is 5.26 Å². The normalized spacial score (nSPS) is 9.44. The van der Waals surface area contributed by atoms with Gasteiger partial charge in [-0.1, -0.05) is 24.3 Å². The number of aromatic nitrogens is 1. The third-order valence-corrected chi connectivity index (χ3v) is 2.21. The van der Waals surface area contributed by atoms with Gasteiger partial charge in [-0.15, -0.1) is 0 Å². The number of anilines is 1. The largest absolute Gasteiger partial charge is 0.381 e. The summed E-state index contributed by atoms with van der Waals surface area (Å²) in [7, 11) is 0. The molecule has 3 nitrogen and oxygen atoms in total. The van der Waals surface area contributed by atoms with E-state index in [0.717, 1.165) is 11.3 Å². The van der Waals surface area contributed by atoms with Crippen LogP contribution in [-0.4, -0.2) is 4.98 Å². The quantitative estimate of drug-likeness (QED) is 0.845. The number of para-hydroxylation sites is 1. The lowest BCUT2D eigenvalue weighted by molar-refractivity contribution is 1.10. The third kappa shape index (κ3) is 2.58. The number of pyridine rings is 1. The van der Waals surface area contributed by atoms with Gasteiger partial charge in [0.1, 0.15) is 11.8 Å². The monoisotopic (exact) mass is 209 g/mol. The minimum absolute atomic E-state index is 0.448. The molecule has 0 saturated heterocycles. The van der Waals surface area contributed by atoms with Crippen molar-refractivity contribution < 1.29 is 0 Å². The van der Waals surface area contributed by atoms with E-state index in [1.54, 1.807) is 12.3 Å². The molecule has 78 valence electrons. The molecule has 0 fully saturated rings. The number of rotatable bonds is 3. The molecular formula is C13H11N3. The Hall–Kier alpha value is -2.34. The van der Waals surface area contributed by atoms with Crippen LogP contribution in [0, 0.1) is 11.3 Å². The van der Waals surface area contributed by atoms with Gasteiger partial charge in [0, 0.05) is 18.4 Å². The van der Waals surface area contributed by atoms with E-state index >= 15 is 0 Å². The van der Waals surface area contributed by atoms with Gasteiger partial charge in [0.05, 0.1) is 0 Å². The molecule has 0 spiro atoms. The van der Waals surface area contributed by atoms with Crippen molar-refractivity contribution >= 4 is 5.69 Å². The Morgan fingerprint density at radius 3 is 2.56 bits per heavy atom. The van der Waals surface area contributed by atoms with Gasteiger partial charge < -0.3 is 5.32 Å². The molecule has 16 heavy (non-hydrogen) atoms. The van der Waals surface area contributed by atoms with E-state index < -0.39 is 0 Å². The predicted octanol–water partition coefficient (Wildman–Crippen LogP) is 2.57. The van der Waals surface area contributed by atoms with Crippen LogP contribution in [0.15, 0.2) is 48.7 Å². The van der Waals surface area contributed by atoms with E-state index in [1.165, 1.54) is 0 Å². The molecular weight excluding hydrogens is 198 g/mol. The first-order valence-electron chi connectivity index (χ1n) is 5.02. The number of nitriles is 1. The van der Waals surface area contributed by atoms with Gasteiger partial charge >= 0.3 is 0 Å². The van der Waals surface area contributed by atoms with Gasteiger partial charge in [-0.25, -0.2) is 4.98 Å². The Bertz CT molecular complexity index is 483. The molecule has 0 aliphatic rings. The van der Waals surface area contributed by atoms with Crippen molar-refractivity contribution in [2.24, 2.45) is 0 Å². The molecule has 0 unspecified atom stereocenters. The molecule has 0 aliphatic carbocycles. The Morgan fingerprint density at radius 1 is 1.12 bits per heavy atom. The lowest BCUT2D eigenvalue weighted by Gasteiger charge is -2.05. The first-order valence-corrected chi connectivity index (χ1v) is 5.02. The molecule has 2 aromatic rings. The summed E-state index contributed by atoms with van der Waals surface area (Å²) in [6.45, 7) is 0.711. The van der Waals surface area contributed by atoms with Crippen LogP contribution in [-0.2, 0) is 6.54 Å². The van der Waals surface area contributed by atoms with Crippen LogP contribution in [0.1, 0.15) is 11.3 Å². The summed E-state index contributed by atoms with van der Waals surface area (Å²) in [6, 6.07) is 15.6. The van der Waals surface area contributed by atoms with Crippen molar-refractivity contribution in [3.8, 4) is 6.07 Å². The maximum absolute atomic E-state index is 8.61. The fourth-order valence-electron chi connectivity index (χ4n) is 1.36. The number of hydrogen-bond acceptors (Lipinski definition) is 3. The summed E-state index contributed by atoms with van der Waals surface area (Å²) in [5.74, 6) is 0. The number of nitrogens with zero attached hydrogens (tertiary/aromatic N) is 2. The second-order valence-corrected chi connectivity index (χ2v) is 3.38. The molecule has 3 heteroatoms. The zero-order valence-corrected chi connectivity index (χ0v) is 8.72. The van der Waals surface area contributed by atoms with E-state index in [2.05, 4.69) is 10.3 Å². The van der Waals surface area contributed by atoms with Crippen LogP contribution in [0.25, 0.3) is 0 Å².